The van der Waals surface area contributed by atoms with Gasteiger partial charge in [0.2, 0.25) is 5.91 Å². The van der Waals surface area contributed by atoms with Gasteiger partial charge in [0.05, 0.1) is 26.7 Å². The quantitative estimate of drug-likeness (QED) is 0.153. The fraction of sp³-hybridized carbons (Fsp3) is 0.320. The highest BCUT2D eigenvalue weighted by molar-refractivity contribution is 8.00. The molecule has 0 aliphatic carbocycles. The predicted octanol–water partition coefficient (Wildman–Crippen LogP) is 3.68. The van der Waals surface area contributed by atoms with E-state index in [0.29, 0.717) is 22.1 Å². The number of phenols is 1. The van der Waals surface area contributed by atoms with E-state index in [9.17, 15) is 28.4 Å². The Labute approximate surface area is 216 Å². The van der Waals surface area contributed by atoms with Gasteiger partial charge in [-0.15, -0.1) is 11.8 Å². The van der Waals surface area contributed by atoms with E-state index in [4.69, 9.17) is 0 Å². The summed E-state index contributed by atoms with van der Waals surface area (Å²) in [6, 6.07) is 14.8. The van der Waals surface area contributed by atoms with Gasteiger partial charge in [0.1, 0.15) is 5.75 Å². The lowest BCUT2D eigenvalue weighted by molar-refractivity contribution is -0.120. The van der Waals surface area contributed by atoms with E-state index < -0.39 is 34.2 Å². The normalized spacial score (nSPS) is 13.4. The van der Waals surface area contributed by atoms with Crippen LogP contribution in [0.4, 0.5) is 5.69 Å². The van der Waals surface area contributed by atoms with Crippen LogP contribution in [0.2, 0.25) is 0 Å². The fourth-order valence-electron chi connectivity index (χ4n) is 3.74. The summed E-state index contributed by atoms with van der Waals surface area (Å²) in [6.45, 7) is 7.31. The van der Waals surface area contributed by atoms with Crippen molar-refractivity contribution in [1.29, 1.82) is 0 Å². The maximum absolute atomic E-state index is 13.1. The maximum Gasteiger partial charge on any atom is 0.475 e. The van der Waals surface area contributed by atoms with Crippen molar-refractivity contribution in [2.45, 2.75) is 55.1 Å². The van der Waals surface area contributed by atoms with Crippen molar-refractivity contribution in [3.05, 3.63) is 60.2 Å². The second kappa shape index (κ2) is 11.6. The third-order valence-electron chi connectivity index (χ3n) is 5.64. The van der Waals surface area contributed by atoms with Gasteiger partial charge in [-0.25, -0.2) is 8.42 Å². The van der Waals surface area contributed by atoms with Crippen LogP contribution in [0.1, 0.15) is 32.8 Å². The smallest absolute Gasteiger partial charge is 0.475 e. The monoisotopic (exact) mass is 530 g/mol. The first-order valence-corrected chi connectivity index (χ1v) is 13.9. The Kier molecular flexibility index (Phi) is 8.94. The van der Waals surface area contributed by atoms with Crippen LogP contribution in [0.25, 0.3) is 10.8 Å². The van der Waals surface area contributed by atoms with Gasteiger partial charge in [0.25, 0.3) is 10.0 Å². The van der Waals surface area contributed by atoms with Crippen LogP contribution < -0.4 is 10.0 Å². The van der Waals surface area contributed by atoms with Gasteiger partial charge in [0.15, 0.2) is 0 Å². The number of hydrogen-bond donors (Lipinski definition) is 5. The third kappa shape index (κ3) is 6.73. The Bertz CT molecular complexity index is 1330. The molecule has 2 atom stereocenters. The molecule has 0 heterocycles. The van der Waals surface area contributed by atoms with E-state index in [-0.39, 0.29) is 22.3 Å². The van der Waals surface area contributed by atoms with Crippen LogP contribution in [-0.2, 0) is 14.8 Å². The zero-order chi connectivity index (χ0) is 26.6. The molecular weight excluding hydrogens is 499 g/mol. The van der Waals surface area contributed by atoms with Crippen LogP contribution in [0.15, 0.2) is 64.4 Å². The van der Waals surface area contributed by atoms with Crippen LogP contribution >= 0.6 is 11.8 Å². The maximum atomic E-state index is 13.1. The van der Waals surface area contributed by atoms with Gasteiger partial charge in [-0.2, -0.15) is 0 Å². The van der Waals surface area contributed by atoms with Gasteiger partial charge in [-0.1, -0.05) is 55.8 Å². The highest BCUT2D eigenvalue weighted by Crippen LogP contribution is 2.41. The lowest BCUT2D eigenvalue weighted by Crippen LogP contribution is -2.49. The van der Waals surface area contributed by atoms with Crippen molar-refractivity contribution in [2.24, 2.45) is 5.92 Å². The van der Waals surface area contributed by atoms with Crippen LogP contribution in [-0.4, -0.2) is 47.8 Å². The summed E-state index contributed by atoms with van der Waals surface area (Å²) >= 11 is 1.04. The summed E-state index contributed by atoms with van der Waals surface area (Å²) in [5, 5.41) is 33.1. The zero-order valence-electron chi connectivity index (χ0n) is 20.6. The molecule has 0 spiro atoms. The second-order valence-corrected chi connectivity index (χ2v) is 12.2. The van der Waals surface area contributed by atoms with Crippen molar-refractivity contribution in [1.82, 2.24) is 5.32 Å². The van der Waals surface area contributed by atoms with Crippen molar-refractivity contribution in [2.75, 3.05) is 4.72 Å². The number of sulfonamides is 1. The molecule has 0 saturated carbocycles. The number of hydrogen-bond acceptors (Lipinski definition) is 7. The Hall–Kier alpha value is -2.73. The Morgan fingerprint density at radius 2 is 1.64 bits per heavy atom. The number of aryl methyl sites for hydroxylation is 1. The number of amides is 1. The highest BCUT2D eigenvalue weighted by Gasteiger charge is 2.29. The molecule has 11 heteroatoms. The number of phenolic OH excluding ortho intramolecular Hbond substituents is 1. The molecular formula is C25H31BN2O6S2. The van der Waals surface area contributed by atoms with E-state index in [1.165, 1.54) is 18.2 Å². The van der Waals surface area contributed by atoms with E-state index in [1.807, 2.05) is 20.8 Å². The minimum atomic E-state index is -3.91. The van der Waals surface area contributed by atoms with E-state index in [1.54, 1.807) is 43.3 Å². The Morgan fingerprint density at radius 3 is 2.22 bits per heavy atom. The van der Waals surface area contributed by atoms with E-state index >= 15 is 0 Å². The van der Waals surface area contributed by atoms with Crippen molar-refractivity contribution in [3.8, 4) is 5.75 Å². The number of rotatable bonds is 10. The SMILES string of the molecule is Cc1ccc(S(=O)(=O)Nc2cc(SC(C)C(=O)N[C@@H](CC(C)C)B(O)O)c(O)c3ccccc23)cc1. The molecule has 0 aliphatic heterocycles. The van der Waals surface area contributed by atoms with Crippen LogP contribution in [0, 0.1) is 12.8 Å². The molecule has 3 aromatic rings. The zero-order valence-corrected chi connectivity index (χ0v) is 22.2. The lowest BCUT2D eigenvalue weighted by Gasteiger charge is -2.22. The molecule has 0 bridgehead atoms. The summed E-state index contributed by atoms with van der Waals surface area (Å²) < 4.78 is 28.7. The first kappa shape index (κ1) is 27.9. The molecule has 3 rings (SSSR count). The molecule has 3 aromatic carbocycles. The average Bonchev–Trinajstić information content (AvgIpc) is 2.81. The minimum Gasteiger partial charge on any atom is -0.506 e. The summed E-state index contributed by atoms with van der Waals surface area (Å²) in [5.41, 5.74) is 1.20. The number of carbonyl (C=O) groups is 1. The van der Waals surface area contributed by atoms with Gasteiger partial charge in [-0.3, -0.25) is 9.52 Å². The van der Waals surface area contributed by atoms with Gasteiger partial charge < -0.3 is 20.5 Å². The summed E-state index contributed by atoms with van der Waals surface area (Å²) in [5.74, 6) is -1.21. The first-order chi connectivity index (χ1) is 16.9. The number of nitrogens with one attached hydrogen (secondary N) is 2. The fourth-order valence-corrected chi connectivity index (χ4v) is 5.77. The van der Waals surface area contributed by atoms with Gasteiger partial charge in [0, 0.05) is 10.8 Å². The number of anilines is 1. The number of aromatic hydroxyl groups is 1. The molecule has 0 aliphatic rings. The van der Waals surface area contributed by atoms with Crippen molar-refractivity contribution in [3.63, 3.8) is 0 Å². The van der Waals surface area contributed by atoms with Gasteiger partial charge in [-0.05, 0) is 44.4 Å². The van der Waals surface area contributed by atoms with E-state index in [0.717, 1.165) is 17.3 Å². The molecule has 0 fully saturated rings. The second-order valence-electron chi connectivity index (χ2n) is 9.15. The number of benzene rings is 3. The molecule has 1 amide bonds. The number of carbonyl (C=O) groups excluding carboxylic acids is 1. The summed E-state index contributed by atoms with van der Waals surface area (Å²) in [6.07, 6.45) is 0.382. The summed E-state index contributed by atoms with van der Waals surface area (Å²) in [4.78, 5) is 13.2. The Balaban J connectivity index is 1.92. The standard InChI is InChI=1S/C25H31BN2O6S2/c1-15(2)13-23(26(31)32)27-25(30)17(4)35-22-14-21(19-7-5-6-8-20(19)24(22)29)28-36(33,34)18-11-9-16(3)10-12-18/h5-12,14-15,17,23,28-29,31-32H,13H2,1-4H3,(H,27,30)/t17?,23-/m0/s1. The highest BCUT2D eigenvalue weighted by atomic mass is 32.2. The minimum absolute atomic E-state index is 0.0746. The topological polar surface area (TPSA) is 136 Å². The van der Waals surface area contributed by atoms with Crippen LogP contribution in [0.3, 0.4) is 0 Å². The molecule has 192 valence electrons. The van der Waals surface area contributed by atoms with Gasteiger partial charge >= 0.3 is 7.12 Å². The van der Waals surface area contributed by atoms with Crippen molar-refractivity contribution >= 4 is 51.3 Å². The number of thioether (sulfide) groups is 1. The number of fused-ring (bicyclic) bond motifs is 1. The van der Waals surface area contributed by atoms with E-state index in [2.05, 4.69) is 10.0 Å². The molecule has 0 radical (unpaired) electrons. The predicted molar refractivity (Wildman–Crippen MR) is 144 cm³/mol. The molecule has 0 aromatic heterocycles. The third-order valence-corrected chi connectivity index (χ3v) is 8.16. The molecule has 0 saturated heterocycles. The average molecular weight is 530 g/mol. The first-order valence-electron chi connectivity index (χ1n) is 11.6. The Morgan fingerprint density at radius 1 is 1.03 bits per heavy atom. The molecule has 8 nitrogen and oxygen atoms in total. The molecule has 1 unspecified atom stereocenters. The van der Waals surface area contributed by atoms with Crippen LogP contribution in [0.5, 0.6) is 5.75 Å². The lowest BCUT2D eigenvalue weighted by atomic mass is 9.75. The largest absolute Gasteiger partial charge is 0.506 e. The summed E-state index contributed by atoms with van der Waals surface area (Å²) in [7, 11) is -5.61. The molecule has 36 heavy (non-hydrogen) atoms. The molecule has 5 N–H and O–H groups in total. The van der Waals surface area contributed by atoms with Crippen molar-refractivity contribution < 1.29 is 28.4 Å².